The van der Waals surface area contributed by atoms with Crippen LogP contribution >= 0.6 is 0 Å². The molecule has 3 heterocycles. The number of cyclic esters (lactones) is 1. The molecule has 0 spiro atoms. The number of nitrogens with zero attached hydrogens (tertiary/aromatic N) is 2. The lowest BCUT2D eigenvalue weighted by Crippen LogP contribution is -2.61. The monoisotopic (exact) mass is 755 g/mol. The van der Waals surface area contributed by atoms with Crippen molar-refractivity contribution in [3.8, 4) is 0 Å². The van der Waals surface area contributed by atoms with Gasteiger partial charge in [-0.1, -0.05) is 34.6 Å². The first-order valence-corrected chi connectivity index (χ1v) is 19.3. The molecule has 0 radical (unpaired) electrons. The van der Waals surface area contributed by atoms with Crippen molar-refractivity contribution in [3.05, 3.63) is 0 Å². The molecular weight excluding hydrogens is 686 g/mol. The molecule has 3 fully saturated rings. The molecule has 14 nitrogen and oxygen atoms in total. The third-order valence-corrected chi connectivity index (χ3v) is 12.1. The molecule has 0 aromatic rings. The molecule has 3 saturated heterocycles. The lowest BCUT2D eigenvalue weighted by molar-refractivity contribution is -0.301. The number of ether oxygens (including phenoxy) is 6. The van der Waals surface area contributed by atoms with Crippen LogP contribution in [0, 0.1) is 23.7 Å². The van der Waals surface area contributed by atoms with Gasteiger partial charge in [0.15, 0.2) is 11.9 Å². The second kappa shape index (κ2) is 17.6. The topological polar surface area (TPSA) is 162 Å². The Morgan fingerprint density at radius 1 is 1.08 bits per heavy atom. The van der Waals surface area contributed by atoms with Crippen molar-refractivity contribution in [1.29, 1.82) is 0 Å². The van der Waals surface area contributed by atoms with E-state index in [1.54, 1.807) is 46.6 Å². The Kier molecular flexibility index (Phi) is 15.0. The minimum Gasteiger partial charge on any atom is -0.461 e. The predicted molar refractivity (Wildman–Crippen MR) is 198 cm³/mol. The molecule has 3 aliphatic rings. The maximum Gasteiger partial charge on any atom is 0.411 e. The van der Waals surface area contributed by atoms with Crippen molar-refractivity contribution < 1.29 is 52.7 Å². The molecule has 0 aromatic heterocycles. The first-order valence-electron chi connectivity index (χ1n) is 19.3. The number of likely N-dealkylation sites (N-methyl/N-ethyl adjacent to an activating group) is 2. The molecule has 53 heavy (non-hydrogen) atoms. The Hall–Kier alpha value is -2.36. The van der Waals surface area contributed by atoms with Crippen LogP contribution in [0.4, 0.5) is 4.79 Å². The number of carbonyl (C=O) groups is 4. The minimum absolute atomic E-state index is 0.0556. The highest BCUT2D eigenvalue weighted by Crippen LogP contribution is 2.44. The number of fused-ring (bicyclic) bond motifs is 1. The molecule has 3 rings (SSSR count). The van der Waals surface area contributed by atoms with Gasteiger partial charge in [-0.2, -0.15) is 0 Å². The summed E-state index contributed by atoms with van der Waals surface area (Å²) in [5.41, 5.74) is -3.16. The zero-order valence-corrected chi connectivity index (χ0v) is 34.9. The van der Waals surface area contributed by atoms with E-state index in [4.69, 9.17) is 28.4 Å². The molecule has 2 N–H and O–H groups in total. The van der Waals surface area contributed by atoms with E-state index in [0.29, 0.717) is 6.42 Å². The number of aliphatic hydroxyl groups is 1. The van der Waals surface area contributed by atoms with E-state index in [-0.39, 0.29) is 43.7 Å². The second-order valence-corrected chi connectivity index (χ2v) is 17.0. The van der Waals surface area contributed by atoms with Gasteiger partial charge in [0.05, 0.1) is 29.8 Å². The smallest absolute Gasteiger partial charge is 0.411 e. The van der Waals surface area contributed by atoms with E-state index in [1.165, 1.54) is 7.11 Å². The van der Waals surface area contributed by atoms with Crippen LogP contribution in [0.2, 0.25) is 0 Å². The fourth-order valence-electron chi connectivity index (χ4n) is 8.73. The van der Waals surface area contributed by atoms with Crippen molar-refractivity contribution in [2.45, 2.75) is 167 Å². The number of hydrogen-bond donors (Lipinski definition) is 2. The summed E-state index contributed by atoms with van der Waals surface area (Å²) < 4.78 is 37.7. The van der Waals surface area contributed by atoms with Crippen LogP contribution in [-0.2, 0) is 42.8 Å². The van der Waals surface area contributed by atoms with E-state index >= 15 is 0 Å². The van der Waals surface area contributed by atoms with Crippen LogP contribution in [-0.4, -0.2) is 139 Å². The van der Waals surface area contributed by atoms with Gasteiger partial charge in [0.25, 0.3) is 0 Å². The first-order chi connectivity index (χ1) is 24.5. The van der Waals surface area contributed by atoms with Crippen molar-refractivity contribution >= 4 is 23.8 Å². The van der Waals surface area contributed by atoms with Crippen molar-refractivity contribution in [3.63, 3.8) is 0 Å². The number of methoxy groups -OCH3 is 1. The minimum atomic E-state index is -1.39. The largest absolute Gasteiger partial charge is 0.461 e. The third kappa shape index (κ3) is 9.55. The van der Waals surface area contributed by atoms with Gasteiger partial charge in [-0.05, 0) is 81.9 Å². The number of Topliss-reactive ketones (excluding diaryl/α,β-unsaturated/α-hetero) is 1. The maximum absolute atomic E-state index is 14.7. The van der Waals surface area contributed by atoms with Crippen LogP contribution in [0.5, 0.6) is 0 Å². The fourth-order valence-corrected chi connectivity index (χ4v) is 8.73. The van der Waals surface area contributed by atoms with Crippen LogP contribution in [0.1, 0.15) is 102 Å². The van der Waals surface area contributed by atoms with Gasteiger partial charge >= 0.3 is 18.0 Å². The number of hydrogen-bond acceptors (Lipinski definition) is 13. The predicted octanol–water partition coefficient (Wildman–Crippen LogP) is 3.94. The number of rotatable bonds is 10. The van der Waals surface area contributed by atoms with Gasteiger partial charge < -0.3 is 43.7 Å². The molecule has 0 aliphatic carbocycles. The standard InChI is InChI=1S/C39H69N3O11/c1-16-27-39(11)32(42(36(47)53-39)20-37(8,9)40-12)23(5)29(44)21(3)19-38(10,48-15)33(52-35-30(45)26(41(13)14)18-22(4)49-35)24(6)31(51-28(43)17-2)25(7)34(46)50-27/h21-27,30-33,35,40,45H,16-20H2,1-15H3. The lowest BCUT2D eigenvalue weighted by atomic mass is 9.73. The Morgan fingerprint density at radius 2 is 1.70 bits per heavy atom. The number of ketones is 1. The Labute approximate surface area is 317 Å². The lowest BCUT2D eigenvalue weighted by Gasteiger charge is -2.48. The molecule has 14 heteroatoms. The van der Waals surface area contributed by atoms with Crippen LogP contribution in [0.15, 0.2) is 0 Å². The van der Waals surface area contributed by atoms with Gasteiger partial charge in [-0.15, -0.1) is 0 Å². The number of esters is 2. The molecule has 1 amide bonds. The average Bonchev–Trinajstić information content (AvgIpc) is 3.35. The summed E-state index contributed by atoms with van der Waals surface area (Å²) in [7, 11) is 7.09. The van der Waals surface area contributed by atoms with Gasteiger partial charge in [-0.25, -0.2) is 4.79 Å². The summed E-state index contributed by atoms with van der Waals surface area (Å²) in [5, 5.41) is 14.8. The summed E-state index contributed by atoms with van der Waals surface area (Å²) >= 11 is 0. The van der Waals surface area contributed by atoms with Crippen molar-refractivity contribution in [1.82, 2.24) is 15.1 Å². The van der Waals surface area contributed by atoms with Crippen LogP contribution < -0.4 is 5.32 Å². The number of amides is 1. The molecule has 14 unspecified atom stereocenters. The fraction of sp³-hybridized carbons (Fsp3) is 0.897. The van der Waals surface area contributed by atoms with Gasteiger partial charge in [0.2, 0.25) is 0 Å². The quantitative estimate of drug-likeness (QED) is 0.244. The molecule has 0 aromatic carbocycles. The summed E-state index contributed by atoms with van der Waals surface area (Å²) in [4.78, 5) is 59.3. The molecule has 3 aliphatic heterocycles. The average molecular weight is 756 g/mol. The molecule has 0 saturated carbocycles. The Bertz CT molecular complexity index is 1300. The third-order valence-electron chi connectivity index (χ3n) is 12.1. The second-order valence-electron chi connectivity index (χ2n) is 17.0. The Morgan fingerprint density at radius 3 is 2.23 bits per heavy atom. The van der Waals surface area contributed by atoms with Crippen LogP contribution in [0.3, 0.4) is 0 Å². The van der Waals surface area contributed by atoms with E-state index in [9.17, 15) is 24.3 Å². The highest BCUT2D eigenvalue weighted by Gasteiger charge is 2.61. The van der Waals surface area contributed by atoms with Crippen LogP contribution in [0.25, 0.3) is 0 Å². The summed E-state index contributed by atoms with van der Waals surface area (Å²) in [6.45, 7) is 20.1. The molecule has 14 atom stereocenters. The molecule has 0 bridgehead atoms. The van der Waals surface area contributed by atoms with Gasteiger partial charge in [0, 0.05) is 49.4 Å². The van der Waals surface area contributed by atoms with Gasteiger partial charge in [0.1, 0.15) is 24.1 Å². The van der Waals surface area contributed by atoms with E-state index < -0.39 is 95.2 Å². The summed E-state index contributed by atoms with van der Waals surface area (Å²) in [6.07, 6.45) is -4.91. The molecular formula is C39H69N3O11. The SMILES string of the molecule is CCC(=O)OC1C(C)C(=O)OC(CC)C2(C)OC(=O)N(CC(C)(C)NC)C2C(C)C(=O)C(C)CC(C)(OC)C(OC2OC(C)CC(N(C)C)C2O)C1C. The number of carbonyl (C=O) groups excluding carboxylic acids is 4. The van der Waals surface area contributed by atoms with E-state index in [0.717, 1.165) is 0 Å². The highest BCUT2D eigenvalue weighted by molar-refractivity contribution is 5.85. The highest BCUT2D eigenvalue weighted by atomic mass is 16.7. The van der Waals surface area contributed by atoms with E-state index in [1.807, 2.05) is 60.5 Å². The zero-order valence-electron chi connectivity index (χ0n) is 34.9. The normalized spacial score (nSPS) is 40.7. The van der Waals surface area contributed by atoms with Gasteiger partial charge in [-0.3, -0.25) is 19.3 Å². The van der Waals surface area contributed by atoms with Crippen molar-refractivity contribution in [2.24, 2.45) is 23.7 Å². The first kappa shape index (κ1) is 45.0. The molecule has 306 valence electrons. The summed E-state index contributed by atoms with van der Waals surface area (Å²) in [6, 6.07) is -1.07. The number of aliphatic hydroxyl groups excluding tert-OH is 1. The Balaban J connectivity index is 2.25. The number of nitrogens with one attached hydrogen (secondary N) is 1. The van der Waals surface area contributed by atoms with Crippen molar-refractivity contribution in [2.75, 3.05) is 34.8 Å². The van der Waals surface area contributed by atoms with E-state index in [2.05, 4.69) is 5.32 Å². The zero-order chi connectivity index (χ0) is 40.4. The maximum atomic E-state index is 14.7. The summed E-state index contributed by atoms with van der Waals surface area (Å²) in [5.74, 6) is -4.46.